The minimum absolute atomic E-state index is 0.600. The molecular formula is C15H25N. The molecule has 0 aliphatic heterocycles. The molecule has 0 aromatic heterocycles. The van der Waals surface area contributed by atoms with Crippen molar-refractivity contribution >= 4 is 0 Å². The van der Waals surface area contributed by atoms with E-state index in [-0.39, 0.29) is 0 Å². The van der Waals surface area contributed by atoms with Crippen LogP contribution in [-0.4, -0.2) is 12.6 Å². The normalized spacial score (nSPS) is 25.0. The van der Waals surface area contributed by atoms with E-state index in [2.05, 4.69) is 38.4 Å². The van der Waals surface area contributed by atoms with E-state index in [9.17, 15) is 0 Å². The lowest BCUT2D eigenvalue weighted by atomic mass is 10.1. The number of allylic oxidation sites excluding steroid dienone is 2. The first-order valence-electron chi connectivity index (χ1n) is 6.40. The van der Waals surface area contributed by atoms with Crippen molar-refractivity contribution in [3.05, 3.63) is 36.5 Å². The molecule has 90 valence electrons. The number of hydrogen-bond acceptors (Lipinski definition) is 1. The van der Waals surface area contributed by atoms with E-state index in [1.54, 1.807) is 0 Å². The zero-order chi connectivity index (χ0) is 12.0. The van der Waals surface area contributed by atoms with Crippen molar-refractivity contribution in [1.82, 2.24) is 5.32 Å². The van der Waals surface area contributed by atoms with Crippen LogP contribution < -0.4 is 5.32 Å². The molecule has 2 unspecified atom stereocenters. The third kappa shape index (κ3) is 3.97. The van der Waals surface area contributed by atoms with Crippen LogP contribution >= 0.6 is 0 Å². The van der Waals surface area contributed by atoms with Gasteiger partial charge >= 0.3 is 0 Å². The number of nitrogens with one attached hydrogen (secondary N) is 1. The summed E-state index contributed by atoms with van der Waals surface area (Å²) in [6.07, 6.45) is 8.73. The topological polar surface area (TPSA) is 12.0 Å². The predicted molar refractivity (Wildman–Crippen MR) is 72.5 cm³/mol. The minimum atomic E-state index is 0.600. The molecule has 1 aliphatic rings. The molecule has 0 aromatic carbocycles. The highest BCUT2D eigenvalue weighted by molar-refractivity contribution is 5.37. The largest absolute Gasteiger partial charge is 0.313 e. The minimum Gasteiger partial charge on any atom is -0.313 e. The fraction of sp³-hybridized carbons (Fsp3) is 0.600. The van der Waals surface area contributed by atoms with E-state index in [0.717, 1.165) is 25.3 Å². The molecule has 16 heavy (non-hydrogen) atoms. The van der Waals surface area contributed by atoms with Crippen molar-refractivity contribution in [2.75, 3.05) is 6.54 Å². The van der Waals surface area contributed by atoms with Gasteiger partial charge in [0.1, 0.15) is 0 Å². The highest BCUT2D eigenvalue weighted by Gasteiger charge is 2.21. The van der Waals surface area contributed by atoms with Gasteiger partial charge in [-0.3, -0.25) is 0 Å². The molecular weight excluding hydrogens is 194 g/mol. The molecule has 1 N–H and O–H groups in total. The quantitative estimate of drug-likeness (QED) is 0.715. The Morgan fingerprint density at radius 1 is 1.50 bits per heavy atom. The summed E-state index contributed by atoms with van der Waals surface area (Å²) in [5, 5.41) is 3.63. The highest BCUT2D eigenvalue weighted by atomic mass is 14.9. The Labute approximate surface area is 100 Å². The number of rotatable bonds is 6. The first-order valence-corrected chi connectivity index (χ1v) is 6.40. The van der Waals surface area contributed by atoms with Crippen molar-refractivity contribution in [2.24, 2.45) is 5.92 Å². The second-order valence-corrected chi connectivity index (χ2v) is 4.89. The summed E-state index contributed by atoms with van der Waals surface area (Å²) >= 11 is 0. The third-order valence-electron chi connectivity index (χ3n) is 3.50. The van der Waals surface area contributed by atoms with Crippen LogP contribution in [0.2, 0.25) is 0 Å². The molecule has 1 nitrogen and oxygen atoms in total. The van der Waals surface area contributed by atoms with Gasteiger partial charge in [-0.25, -0.2) is 0 Å². The Balaban J connectivity index is 2.28. The molecule has 1 aliphatic carbocycles. The fourth-order valence-electron chi connectivity index (χ4n) is 2.12. The second kappa shape index (κ2) is 6.70. The van der Waals surface area contributed by atoms with Crippen LogP contribution in [0.3, 0.4) is 0 Å². The molecule has 0 aromatic rings. The van der Waals surface area contributed by atoms with Crippen LogP contribution in [0, 0.1) is 5.92 Å². The predicted octanol–water partition coefficient (Wildman–Crippen LogP) is 3.84. The maximum atomic E-state index is 4.11. The zero-order valence-electron chi connectivity index (χ0n) is 10.8. The summed E-state index contributed by atoms with van der Waals surface area (Å²) in [6, 6.07) is 0.600. The monoisotopic (exact) mass is 219 g/mol. The van der Waals surface area contributed by atoms with Gasteiger partial charge in [0.25, 0.3) is 0 Å². The van der Waals surface area contributed by atoms with E-state index in [4.69, 9.17) is 0 Å². The average molecular weight is 219 g/mol. The van der Waals surface area contributed by atoms with Crippen molar-refractivity contribution < 1.29 is 0 Å². The maximum Gasteiger partial charge on any atom is 0.0148 e. The molecule has 1 heteroatoms. The smallest absolute Gasteiger partial charge is 0.0148 e. The Hall–Kier alpha value is -0.820. The summed E-state index contributed by atoms with van der Waals surface area (Å²) in [5.74, 6) is 0.834. The van der Waals surface area contributed by atoms with E-state index in [0.29, 0.717) is 6.04 Å². The van der Waals surface area contributed by atoms with Gasteiger partial charge in [0.15, 0.2) is 0 Å². The summed E-state index contributed by atoms with van der Waals surface area (Å²) in [4.78, 5) is 0. The van der Waals surface area contributed by atoms with Crippen molar-refractivity contribution in [1.29, 1.82) is 0 Å². The Morgan fingerprint density at radius 2 is 2.25 bits per heavy atom. The second-order valence-electron chi connectivity index (χ2n) is 4.89. The number of hydrogen-bond donors (Lipinski definition) is 1. The highest BCUT2D eigenvalue weighted by Crippen LogP contribution is 2.29. The first-order chi connectivity index (χ1) is 7.67. The van der Waals surface area contributed by atoms with E-state index in [1.807, 2.05) is 6.08 Å². The fourth-order valence-corrected chi connectivity index (χ4v) is 2.12. The summed E-state index contributed by atoms with van der Waals surface area (Å²) in [7, 11) is 0. The molecule has 0 heterocycles. The van der Waals surface area contributed by atoms with Gasteiger partial charge in [-0.15, -0.1) is 0 Å². The van der Waals surface area contributed by atoms with E-state index in [1.165, 1.54) is 24.0 Å². The molecule has 1 saturated carbocycles. The van der Waals surface area contributed by atoms with Gasteiger partial charge in [-0.1, -0.05) is 51.2 Å². The van der Waals surface area contributed by atoms with Crippen LogP contribution in [0.25, 0.3) is 0 Å². The van der Waals surface area contributed by atoms with E-state index >= 15 is 0 Å². The van der Waals surface area contributed by atoms with Crippen LogP contribution in [0.4, 0.5) is 0 Å². The lowest BCUT2D eigenvalue weighted by Gasteiger charge is -2.13. The Morgan fingerprint density at radius 3 is 2.88 bits per heavy atom. The zero-order valence-corrected chi connectivity index (χ0v) is 10.8. The molecule has 0 amide bonds. The lowest BCUT2D eigenvalue weighted by molar-refractivity contribution is 0.454. The summed E-state index contributed by atoms with van der Waals surface area (Å²) in [5.41, 5.74) is 2.65. The van der Waals surface area contributed by atoms with Gasteiger partial charge in [-0.2, -0.15) is 0 Å². The summed E-state index contributed by atoms with van der Waals surface area (Å²) in [6.45, 7) is 13.6. The van der Waals surface area contributed by atoms with Crippen molar-refractivity contribution in [2.45, 2.75) is 45.6 Å². The molecule has 0 spiro atoms. The molecule has 1 fully saturated rings. The van der Waals surface area contributed by atoms with Gasteiger partial charge in [-0.05, 0) is 37.3 Å². The first kappa shape index (κ1) is 13.2. The van der Waals surface area contributed by atoms with Crippen molar-refractivity contribution in [3.8, 4) is 0 Å². The van der Waals surface area contributed by atoms with Gasteiger partial charge in [0, 0.05) is 6.04 Å². The van der Waals surface area contributed by atoms with Gasteiger partial charge in [0.05, 0.1) is 0 Å². The van der Waals surface area contributed by atoms with Crippen molar-refractivity contribution in [3.63, 3.8) is 0 Å². The Bertz CT molecular complexity index is 275. The maximum absolute atomic E-state index is 4.11. The van der Waals surface area contributed by atoms with Crippen LogP contribution in [0.15, 0.2) is 36.5 Å². The average Bonchev–Trinajstić information content (AvgIpc) is 2.60. The van der Waals surface area contributed by atoms with E-state index < -0.39 is 0 Å². The van der Waals surface area contributed by atoms with Gasteiger partial charge in [0.2, 0.25) is 0 Å². The Kier molecular flexibility index (Phi) is 5.54. The summed E-state index contributed by atoms with van der Waals surface area (Å²) < 4.78 is 0. The lowest BCUT2D eigenvalue weighted by Crippen LogP contribution is -2.28. The van der Waals surface area contributed by atoms with Gasteiger partial charge < -0.3 is 5.32 Å². The van der Waals surface area contributed by atoms with Crippen LogP contribution in [0.5, 0.6) is 0 Å². The standard InChI is InChI=1S/C15H25N/c1-5-7-14-11-15(10-13(14)4)16-9-8-12(3)6-2/h5,7,12,15-16H,1,4,6,8-11H2,2-3H3/b14-7-. The van der Waals surface area contributed by atoms with Crippen LogP contribution in [-0.2, 0) is 0 Å². The molecule has 1 rings (SSSR count). The molecule has 0 bridgehead atoms. The SMILES string of the molecule is C=C/C=C1/CC(NCCC(C)CC)CC1=C. The molecule has 0 saturated heterocycles. The third-order valence-corrected chi connectivity index (χ3v) is 3.50. The molecule has 0 radical (unpaired) electrons. The van der Waals surface area contributed by atoms with Crippen LogP contribution in [0.1, 0.15) is 39.5 Å². The molecule has 2 atom stereocenters.